The van der Waals surface area contributed by atoms with Crippen LogP contribution in [0.3, 0.4) is 0 Å². The Morgan fingerprint density at radius 3 is 2.21 bits per heavy atom. The lowest BCUT2D eigenvalue weighted by Gasteiger charge is -2.31. The van der Waals surface area contributed by atoms with Crippen LogP contribution in [0.1, 0.15) is 12.5 Å². The Hall–Kier alpha value is -1.99. The molecule has 1 rings (SSSR count). The largest absolute Gasteiger partial charge is 0.351 e. The number of carbonyl (C=O) groups is 1. The summed E-state index contributed by atoms with van der Waals surface area (Å²) in [5.74, 6) is -1.39. The van der Waals surface area contributed by atoms with Gasteiger partial charge in [-0.15, -0.1) is 0 Å². The summed E-state index contributed by atoms with van der Waals surface area (Å²) in [6, 6.07) is 5.78. The first-order valence-corrected chi connectivity index (χ1v) is 5.55. The van der Waals surface area contributed by atoms with E-state index >= 15 is 0 Å². The summed E-state index contributed by atoms with van der Waals surface area (Å²) >= 11 is 0. The number of rotatable bonds is 6. The van der Waals surface area contributed by atoms with E-state index in [-0.39, 0.29) is 18.1 Å². The highest BCUT2D eigenvalue weighted by molar-refractivity contribution is 5.72. The van der Waals surface area contributed by atoms with Crippen molar-refractivity contribution in [1.82, 2.24) is 5.32 Å². The van der Waals surface area contributed by atoms with Crippen molar-refractivity contribution >= 4 is 11.6 Å². The Kier molecular flexibility index (Phi) is 4.96. The normalized spacial score (nSPS) is 11.1. The van der Waals surface area contributed by atoms with E-state index in [1.807, 2.05) is 0 Å². The molecule has 0 fully saturated rings. The zero-order valence-electron chi connectivity index (χ0n) is 11.0. The predicted molar refractivity (Wildman–Crippen MR) is 67.5 cm³/mol. The molecule has 7 heteroatoms. The highest BCUT2D eigenvalue weighted by Gasteiger charge is 2.32. The average molecular weight is 268 g/mol. The summed E-state index contributed by atoms with van der Waals surface area (Å²) in [4.78, 5) is 21.1. The first kappa shape index (κ1) is 15.1. The Morgan fingerprint density at radius 2 is 1.84 bits per heavy atom. The van der Waals surface area contributed by atoms with Crippen molar-refractivity contribution in [3.05, 3.63) is 39.9 Å². The molecular weight excluding hydrogens is 252 g/mol. The maximum absolute atomic E-state index is 11.0. The van der Waals surface area contributed by atoms with Crippen molar-refractivity contribution in [2.45, 2.75) is 12.7 Å². The van der Waals surface area contributed by atoms with E-state index in [9.17, 15) is 14.9 Å². The van der Waals surface area contributed by atoms with E-state index in [0.29, 0.717) is 5.56 Å². The van der Waals surface area contributed by atoms with Crippen LogP contribution in [0.4, 0.5) is 5.69 Å². The molecule has 19 heavy (non-hydrogen) atoms. The molecule has 1 N–H and O–H groups in total. The molecular formula is C12H16N2O5. The molecule has 0 spiro atoms. The van der Waals surface area contributed by atoms with Gasteiger partial charge in [0.05, 0.1) is 11.5 Å². The molecule has 0 bridgehead atoms. The fraction of sp³-hybridized carbons (Fsp3) is 0.417. The summed E-state index contributed by atoms with van der Waals surface area (Å²) in [7, 11) is 2.87. The standard InChI is InChI=1S/C12H16N2O5/c1-9(15)13-8-12(18-2,19-3)10-4-6-11(7-5-10)14(16)17/h4-7H,8H2,1-3H3,(H,13,15). The van der Waals surface area contributed by atoms with Crippen LogP contribution in [-0.2, 0) is 20.1 Å². The predicted octanol–water partition coefficient (Wildman–Crippen LogP) is 1.18. The van der Waals surface area contributed by atoms with E-state index in [4.69, 9.17) is 9.47 Å². The van der Waals surface area contributed by atoms with Gasteiger partial charge in [0, 0.05) is 38.8 Å². The lowest BCUT2D eigenvalue weighted by atomic mass is 10.0. The summed E-state index contributed by atoms with van der Waals surface area (Å²) in [5.41, 5.74) is 0.557. The van der Waals surface area contributed by atoms with Gasteiger partial charge in [-0.1, -0.05) is 0 Å². The van der Waals surface area contributed by atoms with Gasteiger partial charge in [-0.2, -0.15) is 0 Å². The third kappa shape index (κ3) is 3.49. The maximum Gasteiger partial charge on any atom is 0.269 e. The SMILES string of the molecule is COC(CNC(C)=O)(OC)c1ccc([N+](=O)[O-])cc1. The van der Waals surface area contributed by atoms with Crippen LogP contribution in [-0.4, -0.2) is 31.6 Å². The minimum Gasteiger partial charge on any atom is -0.351 e. The second-order valence-electron chi connectivity index (χ2n) is 3.87. The summed E-state index contributed by atoms with van der Waals surface area (Å²) in [6.45, 7) is 1.49. The second kappa shape index (κ2) is 6.26. The van der Waals surface area contributed by atoms with Crippen LogP contribution in [0.15, 0.2) is 24.3 Å². The maximum atomic E-state index is 11.0. The highest BCUT2D eigenvalue weighted by Crippen LogP contribution is 2.27. The van der Waals surface area contributed by atoms with Crippen LogP contribution in [0.5, 0.6) is 0 Å². The van der Waals surface area contributed by atoms with Gasteiger partial charge in [0.15, 0.2) is 0 Å². The number of nitrogens with zero attached hydrogens (tertiary/aromatic N) is 1. The van der Waals surface area contributed by atoms with Gasteiger partial charge >= 0.3 is 0 Å². The van der Waals surface area contributed by atoms with Crippen molar-refractivity contribution in [3.63, 3.8) is 0 Å². The van der Waals surface area contributed by atoms with E-state index in [1.165, 1.54) is 45.4 Å². The van der Waals surface area contributed by atoms with Gasteiger partial charge in [0.1, 0.15) is 0 Å². The van der Waals surface area contributed by atoms with E-state index in [2.05, 4.69) is 5.32 Å². The van der Waals surface area contributed by atoms with Crippen LogP contribution in [0, 0.1) is 10.1 Å². The van der Waals surface area contributed by atoms with E-state index < -0.39 is 10.7 Å². The first-order chi connectivity index (χ1) is 8.95. The Bertz CT molecular complexity index is 454. The smallest absolute Gasteiger partial charge is 0.269 e. The number of carbonyl (C=O) groups excluding carboxylic acids is 1. The van der Waals surface area contributed by atoms with Gasteiger partial charge in [0.2, 0.25) is 11.7 Å². The molecule has 7 nitrogen and oxygen atoms in total. The molecule has 1 aromatic carbocycles. The third-order valence-corrected chi connectivity index (χ3v) is 2.75. The Balaban J connectivity index is 3.03. The molecule has 1 aromatic rings. The van der Waals surface area contributed by atoms with Crippen molar-refractivity contribution in [3.8, 4) is 0 Å². The van der Waals surface area contributed by atoms with Gasteiger partial charge < -0.3 is 14.8 Å². The van der Waals surface area contributed by atoms with E-state index in [1.54, 1.807) is 0 Å². The number of nitro benzene ring substituents is 1. The molecule has 0 heterocycles. The molecule has 0 aliphatic rings. The zero-order valence-corrected chi connectivity index (χ0v) is 11.0. The van der Waals surface area contributed by atoms with Gasteiger partial charge in [-0.05, 0) is 12.1 Å². The van der Waals surface area contributed by atoms with Crippen molar-refractivity contribution in [1.29, 1.82) is 0 Å². The topological polar surface area (TPSA) is 90.7 Å². The number of hydrogen-bond acceptors (Lipinski definition) is 5. The van der Waals surface area contributed by atoms with Gasteiger partial charge in [0.25, 0.3) is 5.69 Å². The highest BCUT2D eigenvalue weighted by atomic mass is 16.7. The molecule has 0 aliphatic carbocycles. The molecule has 104 valence electrons. The molecule has 1 amide bonds. The molecule has 0 saturated carbocycles. The minimum absolute atomic E-state index is 0.0237. The minimum atomic E-state index is -1.17. The molecule has 0 unspecified atom stereocenters. The van der Waals surface area contributed by atoms with Crippen LogP contribution >= 0.6 is 0 Å². The fourth-order valence-electron chi connectivity index (χ4n) is 1.64. The summed E-state index contributed by atoms with van der Waals surface area (Å²) < 4.78 is 10.6. The molecule has 0 saturated heterocycles. The zero-order chi connectivity index (χ0) is 14.5. The quantitative estimate of drug-likeness (QED) is 0.475. The lowest BCUT2D eigenvalue weighted by molar-refractivity contribution is -0.384. The molecule has 0 aromatic heterocycles. The van der Waals surface area contributed by atoms with Crippen molar-refractivity contribution in [2.75, 3.05) is 20.8 Å². The Morgan fingerprint density at radius 1 is 1.32 bits per heavy atom. The number of benzene rings is 1. The fourth-order valence-corrected chi connectivity index (χ4v) is 1.64. The van der Waals surface area contributed by atoms with Crippen molar-refractivity contribution < 1.29 is 19.2 Å². The van der Waals surface area contributed by atoms with Gasteiger partial charge in [-0.3, -0.25) is 14.9 Å². The third-order valence-electron chi connectivity index (χ3n) is 2.75. The number of methoxy groups -OCH3 is 2. The monoisotopic (exact) mass is 268 g/mol. The van der Waals surface area contributed by atoms with Crippen LogP contribution < -0.4 is 5.32 Å². The summed E-state index contributed by atoms with van der Waals surface area (Å²) in [6.07, 6.45) is 0. The number of amides is 1. The Labute approximate surface area is 110 Å². The lowest BCUT2D eigenvalue weighted by Crippen LogP contribution is -2.43. The first-order valence-electron chi connectivity index (χ1n) is 5.55. The molecule has 0 atom stereocenters. The average Bonchev–Trinajstić information content (AvgIpc) is 2.41. The van der Waals surface area contributed by atoms with E-state index in [0.717, 1.165) is 0 Å². The number of non-ortho nitro benzene ring substituents is 1. The van der Waals surface area contributed by atoms with Crippen molar-refractivity contribution in [2.24, 2.45) is 0 Å². The molecule has 0 aliphatic heterocycles. The van der Waals surface area contributed by atoms with Crippen LogP contribution in [0.25, 0.3) is 0 Å². The second-order valence-corrected chi connectivity index (χ2v) is 3.87. The number of hydrogen-bond donors (Lipinski definition) is 1. The summed E-state index contributed by atoms with van der Waals surface area (Å²) in [5, 5.41) is 13.2. The number of nitrogens with one attached hydrogen (secondary N) is 1. The number of nitro groups is 1. The number of ether oxygens (including phenoxy) is 2. The van der Waals surface area contributed by atoms with Crippen LogP contribution in [0.2, 0.25) is 0 Å². The van der Waals surface area contributed by atoms with Gasteiger partial charge in [-0.25, -0.2) is 0 Å². The molecule has 0 radical (unpaired) electrons.